The highest BCUT2D eigenvalue weighted by molar-refractivity contribution is 9.10. The molecule has 0 saturated heterocycles. The van der Waals surface area contributed by atoms with Gasteiger partial charge in [-0.1, -0.05) is 45.8 Å². The number of allylic oxidation sites excluding steroid dienone is 1. The summed E-state index contributed by atoms with van der Waals surface area (Å²) in [6.07, 6.45) is 3.20. The van der Waals surface area contributed by atoms with Crippen molar-refractivity contribution in [2.45, 2.75) is 6.92 Å². The normalized spacial score (nSPS) is 10.8. The lowest BCUT2D eigenvalue weighted by Gasteiger charge is -2.01. The van der Waals surface area contributed by atoms with Gasteiger partial charge in [0.1, 0.15) is 5.75 Å². The van der Waals surface area contributed by atoms with Gasteiger partial charge in [-0.25, -0.2) is 0 Å². The number of aryl methyl sites for hydroxylation is 1. The molecule has 0 radical (unpaired) electrons. The predicted molar refractivity (Wildman–Crippen MR) is 80.4 cm³/mol. The molecule has 0 heterocycles. The number of ketones is 1. The number of hydrogen-bond acceptors (Lipinski definition) is 2. The largest absolute Gasteiger partial charge is 0.507 e. The van der Waals surface area contributed by atoms with E-state index >= 15 is 0 Å². The number of phenols is 1. The van der Waals surface area contributed by atoms with Crippen molar-refractivity contribution in [2.24, 2.45) is 0 Å². The number of phenolic OH excluding ortho intramolecular Hbond substituents is 1. The Balaban J connectivity index is 2.21. The van der Waals surface area contributed by atoms with Crippen molar-refractivity contribution >= 4 is 27.8 Å². The Labute approximate surface area is 120 Å². The predicted octanol–water partition coefficient (Wildman–Crippen LogP) is 4.36. The van der Waals surface area contributed by atoms with Gasteiger partial charge in [-0.3, -0.25) is 4.79 Å². The van der Waals surface area contributed by atoms with Crippen LogP contribution in [-0.4, -0.2) is 10.9 Å². The molecule has 0 aliphatic heterocycles. The molecular weight excluding hydrogens is 304 g/mol. The second-order valence-electron chi connectivity index (χ2n) is 4.27. The third-order valence-corrected chi connectivity index (χ3v) is 3.24. The van der Waals surface area contributed by atoms with Gasteiger partial charge in [-0.15, -0.1) is 0 Å². The van der Waals surface area contributed by atoms with E-state index in [0.29, 0.717) is 5.56 Å². The Kier molecular flexibility index (Phi) is 4.17. The molecule has 0 amide bonds. The highest BCUT2D eigenvalue weighted by Crippen LogP contribution is 2.19. The maximum absolute atomic E-state index is 12.0. The van der Waals surface area contributed by atoms with Crippen LogP contribution in [0.2, 0.25) is 0 Å². The Bertz CT molecular complexity index is 628. The lowest BCUT2D eigenvalue weighted by molar-refractivity contribution is 0.104. The van der Waals surface area contributed by atoms with Gasteiger partial charge in [-0.05, 0) is 42.8 Å². The molecule has 2 aromatic carbocycles. The second-order valence-corrected chi connectivity index (χ2v) is 5.19. The number of rotatable bonds is 3. The molecule has 2 nitrogen and oxygen atoms in total. The van der Waals surface area contributed by atoms with E-state index in [0.717, 1.165) is 15.6 Å². The molecule has 2 aromatic rings. The van der Waals surface area contributed by atoms with Crippen LogP contribution in [0.1, 0.15) is 21.5 Å². The third kappa shape index (κ3) is 3.55. The van der Waals surface area contributed by atoms with Gasteiger partial charge >= 0.3 is 0 Å². The summed E-state index contributed by atoms with van der Waals surface area (Å²) in [6.45, 7) is 1.88. The van der Waals surface area contributed by atoms with E-state index in [-0.39, 0.29) is 11.5 Å². The first-order valence-corrected chi connectivity index (χ1v) is 6.63. The number of carbonyl (C=O) groups is 1. The van der Waals surface area contributed by atoms with E-state index in [9.17, 15) is 9.90 Å². The highest BCUT2D eigenvalue weighted by Gasteiger charge is 2.07. The summed E-state index contributed by atoms with van der Waals surface area (Å²) in [7, 11) is 0. The van der Waals surface area contributed by atoms with Gasteiger partial charge in [0.25, 0.3) is 0 Å². The molecule has 96 valence electrons. The van der Waals surface area contributed by atoms with Crippen LogP contribution in [0.4, 0.5) is 0 Å². The summed E-state index contributed by atoms with van der Waals surface area (Å²) in [4.78, 5) is 12.0. The fourth-order valence-corrected chi connectivity index (χ4v) is 1.95. The van der Waals surface area contributed by atoms with Gasteiger partial charge in [0.05, 0.1) is 5.56 Å². The summed E-state index contributed by atoms with van der Waals surface area (Å²) < 4.78 is 0.993. The minimum absolute atomic E-state index is 0.0102. The van der Waals surface area contributed by atoms with E-state index in [1.165, 1.54) is 12.1 Å². The molecule has 0 atom stereocenters. The Morgan fingerprint density at radius 2 is 1.84 bits per heavy atom. The van der Waals surface area contributed by atoms with E-state index in [1.807, 2.05) is 31.2 Å². The fourth-order valence-electron chi connectivity index (χ4n) is 1.68. The lowest BCUT2D eigenvalue weighted by atomic mass is 10.1. The number of halogens is 1. The van der Waals surface area contributed by atoms with Crippen molar-refractivity contribution < 1.29 is 9.90 Å². The van der Waals surface area contributed by atoms with Gasteiger partial charge in [-0.2, -0.15) is 0 Å². The Morgan fingerprint density at radius 1 is 1.16 bits per heavy atom. The standard InChI is InChI=1S/C16H13BrO2/c1-11-2-8-15(18)14(10-11)16(19)9-5-12-3-6-13(17)7-4-12/h2-10,18H,1H3/b9-5+. The molecule has 3 heteroatoms. The van der Waals surface area contributed by atoms with Crippen molar-refractivity contribution in [3.63, 3.8) is 0 Å². The Morgan fingerprint density at radius 3 is 2.53 bits per heavy atom. The first kappa shape index (κ1) is 13.6. The van der Waals surface area contributed by atoms with Crippen LogP contribution in [-0.2, 0) is 0 Å². The van der Waals surface area contributed by atoms with Crippen LogP contribution in [0.15, 0.2) is 53.0 Å². The third-order valence-electron chi connectivity index (χ3n) is 2.71. The molecule has 19 heavy (non-hydrogen) atoms. The molecule has 2 rings (SSSR count). The summed E-state index contributed by atoms with van der Waals surface area (Å²) in [5.74, 6) is -0.194. The van der Waals surface area contributed by atoms with Crippen molar-refractivity contribution in [1.82, 2.24) is 0 Å². The number of aromatic hydroxyl groups is 1. The zero-order valence-corrected chi connectivity index (χ0v) is 12.0. The van der Waals surface area contributed by atoms with Gasteiger partial charge < -0.3 is 5.11 Å². The average Bonchev–Trinajstić information content (AvgIpc) is 2.40. The molecule has 0 aliphatic carbocycles. The molecule has 0 aromatic heterocycles. The van der Waals surface area contributed by atoms with Crippen molar-refractivity contribution in [3.8, 4) is 5.75 Å². The van der Waals surface area contributed by atoms with Gasteiger partial charge in [0.15, 0.2) is 5.78 Å². The maximum atomic E-state index is 12.0. The molecule has 0 saturated carbocycles. The molecule has 0 fully saturated rings. The summed E-state index contributed by atoms with van der Waals surface area (Å²) in [5.41, 5.74) is 2.20. The van der Waals surface area contributed by atoms with Crippen LogP contribution in [0.3, 0.4) is 0 Å². The minimum atomic E-state index is -0.205. The second kappa shape index (κ2) is 5.85. The highest BCUT2D eigenvalue weighted by atomic mass is 79.9. The van der Waals surface area contributed by atoms with Gasteiger partial charge in [0, 0.05) is 4.47 Å². The smallest absolute Gasteiger partial charge is 0.189 e. The van der Waals surface area contributed by atoms with Crippen LogP contribution < -0.4 is 0 Å². The average molecular weight is 317 g/mol. The lowest BCUT2D eigenvalue weighted by Crippen LogP contribution is -1.95. The van der Waals surface area contributed by atoms with Crippen molar-refractivity contribution in [1.29, 1.82) is 0 Å². The molecule has 0 unspecified atom stereocenters. The number of hydrogen-bond donors (Lipinski definition) is 1. The summed E-state index contributed by atoms with van der Waals surface area (Å²) >= 11 is 3.36. The molecule has 1 N–H and O–H groups in total. The first-order chi connectivity index (χ1) is 9.06. The molecular formula is C16H13BrO2. The zero-order valence-electron chi connectivity index (χ0n) is 10.4. The summed E-state index contributed by atoms with van der Waals surface area (Å²) in [5, 5.41) is 9.68. The van der Waals surface area contributed by atoms with Crippen LogP contribution >= 0.6 is 15.9 Å². The van der Waals surface area contributed by atoms with Crippen molar-refractivity contribution in [2.75, 3.05) is 0 Å². The van der Waals surface area contributed by atoms with Crippen LogP contribution in [0, 0.1) is 6.92 Å². The molecule has 0 spiro atoms. The first-order valence-electron chi connectivity index (χ1n) is 5.84. The quantitative estimate of drug-likeness (QED) is 0.674. The van der Waals surface area contributed by atoms with E-state index in [1.54, 1.807) is 18.2 Å². The van der Waals surface area contributed by atoms with E-state index in [4.69, 9.17) is 0 Å². The zero-order chi connectivity index (χ0) is 13.8. The van der Waals surface area contributed by atoms with Crippen LogP contribution in [0.25, 0.3) is 6.08 Å². The minimum Gasteiger partial charge on any atom is -0.507 e. The fraction of sp³-hybridized carbons (Fsp3) is 0.0625. The molecule has 0 bridgehead atoms. The van der Waals surface area contributed by atoms with Crippen LogP contribution in [0.5, 0.6) is 5.75 Å². The summed E-state index contributed by atoms with van der Waals surface area (Å²) in [6, 6.07) is 12.6. The van der Waals surface area contributed by atoms with E-state index < -0.39 is 0 Å². The topological polar surface area (TPSA) is 37.3 Å². The van der Waals surface area contributed by atoms with E-state index in [2.05, 4.69) is 15.9 Å². The number of carbonyl (C=O) groups excluding carboxylic acids is 1. The SMILES string of the molecule is Cc1ccc(O)c(C(=O)/C=C/c2ccc(Br)cc2)c1. The maximum Gasteiger partial charge on any atom is 0.189 e. The van der Waals surface area contributed by atoms with Gasteiger partial charge in [0.2, 0.25) is 0 Å². The number of benzene rings is 2. The monoisotopic (exact) mass is 316 g/mol. The molecule has 0 aliphatic rings. The Hall–Kier alpha value is -1.87. The van der Waals surface area contributed by atoms with Crippen molar-refractivity contribution in [3.05, 3.63) is 69.7 Å².